The molecule has 19 heavy (non-hydrogen) atoms. The Balaban J connectivity index is 2.09. The van der Waals surface area contributed by atoms with Gasteiger partial charge in [-0.05, 0) is 41.9 Å². The van der Waals surface area contributed by atoms with E-state index in [1.807, 2.05) is 11.6 Å². The fraction of sp³-hybridized carbons (Fsp3) is 0.385. The molecule has 1 aliphatic rings. The van der Waals surface area contributed by atoms with E-state index < -0.39 is 0 Å². The lowest BCUT2D eigenvalue weighted by Gasteiger charge is -2.26. The Morgan fingerprint density at radius 2 is 2.21 bits per heavy atom. The minimum Gasteiger partial charge on any atom is -0.474 e. The molecule has 0 aliphatic carbocycles. The third-order valence-electron chi connectivity index (χ3n) is 3.18. The van der Waals surface area contributed by atoms with Gasteiger partial charge < -0.3 is 4.74 Å². The van der Waals surface area contributed by atoms with E-state index in [2.05, 4.69) is 32.9 Å². The summed E-state index contributed by atoms with van der Waals surface area (Å²) in [6.45, 7) is 4.14. The Hall–Kier alpha value is -1.43. The molecule has 3 rings (SSSR count). The van der Waals surface area contributed by atoms with Gasteiger partial charge in [0.25, 0.3) is 0 Å². The Bertz CT molecular complexity index is 611. The maximum Gasteiger partial charge on any atom is 0.227 e. The molecule has 0 spiro atoms. The second-order valence-corrected chi connectivity index (χ2v) is 5.58. The maximum absolute atomic E-state index is 12.9. The first-order valence-electron chi connectivity index (χ1n) is 6.13. The highest BCUT2D eigenvalue weighted by atomic mass is 79.9. The zero-order valence-corrected chi connectivity index (χ0v) is 12.2. The Labute approximate surface area is 118 Å². The van der Waals surface area contributed by atoms with Crippen molar-refractivity contribution in [3.8, 4) is 17.3 Å². The van der Waals surface area contributed by atoms with Crippen molar-refractivity contribution < 1.29 is 9.13 Å². The molecular formula is C13H13BrFN3O. The van der Waals surface area contributed by atoms with E-state index in [0.717, 1.165) is 10.9 Å². The van der Waals surface area contributed by atoms with E-state index in [0.29, 0.717) is 17.3 Å². The lowest BCUT2D eigenvalue weighted by Crippen LogP contribution is -2.26. The van der Waals surface area contributed by atoms with Gasteiger partial charge in [-0.2, -0.15) is 5.10 Å². The normalized spacial score (nSPS) is 21.9. The standard InChI is InChI=1S/C13H13BrFN3O/c1-7-5-8(2)19-13-11(14)12(17-18(7)13)10-4-3-9(15)6-16-10/h3-4,6-8H,5H2,1-2H3. The van der Waals surface area contributed by atoms with Gasteiger partial charge in [-0.25, -0.2) is 9.07 Å². The van der Waals surface area contributed by atoms with Gasteiger partial charge in [0.2, 0.25) is 5.88 Å². The molecule has 2 unspecified atom stereocenters. The predicted molar refractivity (Wildman–Crippen MR) is 72.5 cm³/mol. The zero-order valence-electron chi connectivity index (χ0n) is 10.6. The van der Waals surface area contributed by atoms with Crippen LogP contribution < -0.4 is 4.74 Å². The number of nitrogens with zero attached hydrogens (tertiary/aromatic N) is 3. The maximum atomic E-state index is 12.9. The van der Waals surface area contributed by atoms with Crippen LogP contribution in [0.25, 0.3) is 11.4 Å². The van der Waals surface area contributed by atoms with Gasteiger partial charge in [0.05, 0.1) is 24.0 Å². The van der Waals surface area contributed by atoms with Crippen LogP contribution in [0.5, 0.6) is 5.88 Å². The van der Waals surface area contributed by atoms with Crippen molar-refractivity contribution in [3.05, 3.63) is 28.6 Å². The van der Waals surface area contributed by atoms with Gasteiger partial charge in [-0.1, -0.05) is 0 Å². The first kappa shape index (κ1) is 12.6. The summed E-state index contributed by atoms with van der Waals surface area (Å²) in [6.07, 6.45) is 2.26. The molecule has 2 atom stereocenters. The molecular weight excluding hydrogens is 313 g/mol. The average molecular weight is 326 g/mol. The van der Waals surface area contributed by atoms with Gasteiger partial charge >= 0.3 is 0 Å². The summed E-state index contributed by atoms with van der Waals surface area (Å²) in [5.74, 6) is 0.356. The highest BCUT2D eigenvalue weighted by molar-refractivity contribution is 9.10. The van der Waals surface area contributed by atoms with E-state index >= 15 is 0 Å². The molecule has 2 aromatic rings. The predicted octanol–water partition coefficient (Wildman–Crippen LogP) is 3.58. The van der Waals surface area contributed by atoms with Crippen LogP contribution >= 0.6 is 15.9 Å². The molecule has 2 aromatic heterocycles. The minimum atomic E-state index is -0.359. The number of aromatic nitrogens is 3. The summed E-state index contributed by atoms with van der Waals surface area (Å²) in [5, 5.41) is 4.53. The molecule has 0 aromatic carbocycles. The monoisotopic (exact) mass is 325 g/mol. The van der Waals surface area contributed by atoms with E-state index in [1.165, 1.54) is 12.3 Å². The van der Waals surface area contributed by atoms with E-state index in [4.69, 9.17) is 4.74 Å². The number of hydrogen-bond donors (Lipinski definition) is 0. The van der Waals surface area contributed by atoms with Gasteiger partial charge in [0.1, 0.15) is 16.0 Å². The van der Waals surface area contributed by atoms with E-state index in [-0.39, 0.29) is 18.0 Å². The van der Waals surface area contributed by atoms with E-state index in [1.54, 1.807) is 6.07 Å². The fourth-order valence-electron chi connectivity index (χ4n) is 2.30. The summed E-state index contributed by atoms with van der Waals surface area (Å²) in [6, 6.07) is 3.26. The second-order valence-electron chi connectivity index (χ2n) is 4.79. The number of pyridine rings is 1. The summed E-state index contributed by atoms with van der Waals surface area (Å²) in [7, 11) is 0. The molecule has 4 nitrogen and oxygen atoms in total. The molecule has 0 saturated carbocycles. The summed E-state index contributed by atoms with van der Waals surface area (Å²) < 4.78 is 21.3. The van der Waals surface area contributed by atoms with Gasteiger partial charge in [0, 0.05) is 6.42 Å². The van der Waals surface area contributed by atoms with Crippen molar-refractivity contribution in [3.63, 3.8) is 0 Å². The quantitative estimate of drug-likeness (QED) is 0.804. The van der Waals surface area contributed by atoms with Crippen LogP contribution in [0.3, 0.4) is 0 Å². The van der Waals surface area contributed by atoms with Gasteiger partial charge in [-0.15, -0.1) is 0 Å². The molecule has 6 heteroatoms. The number of ether oxygens (including phenoxy) is 1. The zero-order chi connectivity index (χ0) is 13.6. The minimum absolute atomic E-state index is 0.157. The highest BCUT2D eigenvalue weighted by Crippen LogP contribution is 2.40. The first-order valence-corrected chi connectivity index (χ1v) is 6.92. The lowest BCUT2D eigenvalue weighted by molar-refractivity contribution is 0.125. The molecule has 0 fully saturated rings. The Morgan fingerprint density at radius 3 is 2.89 bits per heavy atom. The van der Waals surface area contributed by atoms with Crippen LogP contribution in [0.4, 0.5) is 4.39 Å². The smallest absolute Gasteiger partial charge is 0.227 e. The largest absolute Gasteiger partial charge is 0.474 e. The SMILES string of the molecule is CC1CC(C)n2nc(-c3ccc(F)cn3)c(Br)c2O1. The molecule has 1 aliphatic heterocycles. The topological polar surface area (TPSA) is 39.9 Å². The van der Waals surface area contributed by atoms with E-state index in [9.17, 15) is 4.39 Å². The van der Waals surface area contributed by atoms with Gasteiger partial charge in [0.15, 0.2) is 0 Å². The van der Waals surface area contributed by atoms with Crippen molar-refractivity contribution in [1.82, 2.24) is 14.8 Å². The summed E-state index contributed by atoms with van der Waals surface area (Å²) in [4.78, 5) is 4.06. The van der Waals surface area contributed by atoms with Crippen LogP contribution in [0.1, 0.15) is 26.3 Å². The fourth-order valence-corrected chi connectivity index (χ4v) is 2.86. The Kier molecular flexibility index (Phi) is 3.05. The average Bonchev–Trinajstić information content (AvgIpc) is 2.69. The third kappa shape index (κ3) is 2.14. The molecule has 0 saturated heterocycles. The lowest BCUT2D eigenvalue weighted by atomic mass is 10.1. The molecule has 100 valence electrons. The van der Waals surface area contributed by atoms with Gasteiger partial charge in [-0.3, -0.25) is 4.98 Å². The molecule has 0 N–H and O–H groups in total. The Morgan fingerprint density at radius 1 is 1.42 bits per heavy atom. The summed E-state index contributed by atoms with van der Waals surface area (Å²) >= 11 is 3.51. The van der Waals surface area contributed by atoms with Crippen LogP contribution in [0.15, 0.2) is 22.8 Å². The number of hydrogen-bond acceptors (Lipinski definition) is 3. The van der Waals surface area contributed by atoms with Crippen LogP contribution in [-0.2, 0) is 0 Å². The molecule has 0 amide bonds. The summed E-state index contributed by atoms with van der Waals surface area (Å²) in [5.41, 5.74) is 1.30. The van der Waals surface area contributed by atoms with Crippen LogP contribution in [0.2, 0.25) is 0 Å². The first-order chi connectivity index (χ1) is 9.06. The van der Waals surface area contributed by atoms with Crippen molar-refractivity contribution >= 4 is 15.9 Å². The van der Waals surface area contributed by atoms with Crippen molar-refractivity contribution in [2.24, 2.45) is 0 Å². The molecule has 0 bridgehead atoms. The number of halogens is 2. The molecule has 3 heterocycles. The second kappa shape index (κ2) is 4.59. The van der Waals surface area contributed by atoms with Crippen LogP contribution in [-0.4, -0.2) is 20.9 Å². The van der Waals surface area contributed by atoms with Crippen molar-refractivity contribution in [2.75, 3.05) is 0 Å². The van der Waals surface area contributed by atoms with Crippen LogP contribution in [0, 0.1) is 5.82 Å². The highest BCUT2D eigenvalue weighted by Gasteiger charge is 2.28. The van der Waals surface area contributed by atoms with Crippen molar-refractivity contribution in [1.29, 1.82) is 0 Å². The van der Waals surface area contributed by atoms with Crippen molar-refractivity contribution in [2.45, 2.75) is 32.4 Å². The number of fused-ring (bicyclic) bond motifs is 1. The third-order valence-corrected chi connectivity index (χ3v) is 3.90. The molecule has 0 radical (unpaired) electrons. The number of rotatable bonds is 1.